The van der Waals surface area contributed by atoms with Crippen molar-refractivity contribution in [2.24, 2.45) is 5.41 Å². The zero-order valence-corrected chi connectivity index (χ0v) is 16.5. The van der Waals surface area contributed by atoms with E-state index >= 15 is 0 Å². The topological polar surface area (TPSA) is 105 Å². The lowest BCUT2D eigenvalue weighted by molar-refractivity contribution is -0.175. The van der Waals surface area contributed by atoms with Crippen LogP contribution in [0.4, 0.5) is 0 Å². The molecule has 8 heteroatoms. The third-order valence-corrected chi connectivity index (χ3v) is 4.03. The number of carbonyl (C=O) groups excluding carboxylic acids is 4. The van der Waals surface area contributed by atoms with Crippen LogP contribution in [0, 0.1) is 5.41 Å². The number of ether oxygens (including phenoxy) is 4. The summed E-state index contributed by atoms with van der Waals surface area (Å²) < 4.78 is 19.6. The fourth-order valence-electron chi connectivity index (χ4n) is 2.61. The third kappa shape index (κ3) is 6.03. The van der Waals surface area contributed by atoms with Crippen molar-refractivity contribution < 1.29 is 38.1 Å². The molecule has 0 heterocycles. The van der Waals surface area contributed by atoms with Crippen LogP contribution >= 0.6 is 0 Å². The summed E-state index contributed by atoms with van der Waals surface area (Å²) in [5, 5.41) is 0. The lowest BCUT2D eigenvalue weighted by atomic mass is 9.77. The predicted molar refractivity (Wildman–Crippen MR) is 103 cm³/mol. The van der Waals surface area contributed by atoms with Crippen LogP contribution in [0.5, 0.6) is 0 Å². The number of esters is 4. The number of carbonyl (C=O) groups is 4. The molecule has 0 radical (unpaired) electrons. The molecule has 0 atom stereocenters. The second-order valence-electron chi connectivity index (χ2n) is 5.93. The fraction of sp³-hybridized carbons (Fsp3) is 0.333. The summed E-state index contributed by atoms with van der Waals surface area (Å²) in [5.74, 6) is -3.49. The van der Waals surface area contributed by atoms with Gasteiger partial charge in [-0.2, -0.15) is 0 Å². The molecule has 156 valence electrons. The summed E-state index contributed by atoms with van der Waals surface area (Å²) in [5.41, 5.74) is -1.64. The van der Waals surface area contributed by atoms with Crippen molar-refractivity contribution in [3.05, 3.63) is 60.7 Å². The van der Waals surface area contributed by atoms with E-state index in [2.05, 4.69) is 17.9 Å². The molecule has 0 spiro atoms. The molecule has 0 aromatic heterocycles. The lowest BCUT2D eigenvalue weighted by Crippen LogP contribution is -2.46. The van der Waals surface area contributed by atoms with Crippen molar-refractivity contribution in [2.45, 2.75) is 12.8 Å². The maximum Gasteiger partial charge on any atom is 0.338 e. The first-order valence-electron chi connectivity index (χ1n) is 8.65. The first-order chi connectivity index (χ1) is 13.9. The van der Waals surface area contributed by atoms with E-state index < -0.39 is 35.7 Å². The van der Waals surface area contributed by atoms with Crippen molar-refractivity contribution in [3.8, 4) is 0 Å². The van der Waals surface area contributed by atoms with Crippen LogP contribution in [0.2, 0.25) is 0 Å². The van der Waals surface area contributed by atoms with Crippen LogP contribution in [-0.4, -0.2) is 51.3 Å². The highest BCUT2D eigenvalue weighted by atomic mass is 16.6. The van der Waals surface area contributed by atoms with Gasteiger partial charge in [0.05, 0.1) is 26.2 Å². The van der Waals surface area contributed by atoms with E-state index in [1.54, 1.807) is 18.2 Å². The van der Waals surface area contributed by atoms with E-state index in [9.17, 15) is 19.2 Å². The second kappa shape index (κ2) is 11.4. The lowest BCUT2D eigenvalue weighted by Gasteiger charge is -2.28. The van der Waals surface area contributed by atoms with Gasteiger partial charge in [-0.3, -0.25) is 14.4 Å². The molecule has 1 aromatic rings. The molecule has 0 unspecified atom stereocenters. The fourth-order valence-corrected chi connectivity index (χ4v) is 2.61. The summed E-state index contributed by atoms with van der Waals surface area (Å²) in [6, 6.07) is 6.24. The molecule has 0 amide bonds. The number of hydrogen-bond acceptors (Lipinski definition) is 8. The Morgan fingerprint density at radius 2 is 1.48 bits per heavy atom. The molecule has 0 aliphatic heterocycles. The van der Waals surface area contributed by atoms with Crippen LogP contribution < -0.4 is 0 Å². The molecular formula is C21H24O8. The van der Waals surface area contributed by atoms with Crippen molar-refractivity contribution in [1.29, 1.82) is 0 Å². The Morgan fingerprint density at radius 1 is 0.931 bits per heavy atom. The highest BCUT2D eigenvalue weighted by Crippen LogP contribution is 2.33. The Balaban J connectivity index is 3.54. The van der Waals surface area contributed by atoms with Gasteiger partial charge in [-0.25, -0.2) is 4.79 Å². The molecule has 0 aliphatic carbocycles. The van der Waals surface area contributed by atoms with Gasteiger partial charge in [0.1, 0.15) is 13.2 Å². The molecule has 0 saturated carbocycles. The Labute approximate surface area is 169 Å². The normalized spacial score (nSPS) is 10.4. The van der Waals surface area contributed by atoms with Gasteiger partial charge in [-0.05, 0) is 11.6 Å². The first-order valence-corrected chi connectivity index (χ1v) is 8.65. The van der Waals surface area contributed by atoms with Crippen molar-refractivity contribution in [3.63, 3.8) is 0 Å². The molecule has 1 aromatic carbocycles. The van der Waals surface area contributed by atoms with E-state index in [4.69, 9.17) is 14.2 Å². The number of hydrogen-bond donors (Lipinski definition) is 0. The van der Waals surface area contributed by atoms with E-state index in [0.29, 0.717) is 5.56 Å². The van der Waals surface area contributed by atoms with E-state index in [-0.39, 0.29) is 25.2 Å². The van der Waals surface area contributed by atoms with Crippen LogP contribution in [0.3, 0.4) is 0 Å². The molecule has 0 N–H and O–H groups in total. The van der Waals surface area contributed by atoms with Gasteiger partial charge in [-0.15, -0.1) is 0 Å². The molecule has 0 bridgehead atoms. The smallest absolute Gasteiger partial charge is 0.338 e. The summed E-state index contributed by atoms with van der Waals surface area (Å²) in [6.45, 7) is 6.55. The van der Waals surface area contributed by atoms with Crippen molar-refractivity contribution >= 4 is 23.9 Å². The minimum Gasteiger partial charge on any atom is -0.469 e. The maximum absolute atomic E-state index is 12.9. The Morgan fingerprint density at radius 3 is 1.97 bits per heavy atom. The van der Waals surface area contributed by atoms with Crippen molar-refractivity contribution in [2.75, 3.05) is 27.4 Å². The minimum atomic E-state index is -2.08. The highest BCUT2D eigenvalue weighted by molar-refractivity contribution is 6.04. The predicted octanol–water partition coefficient (Wildman–Crippen LogP) is 2.02. The zero-order chi connectivity index (χ0) is 21.9. The Bertz CT molecular complexity index is 757. The van der Waals surface area contributed by atoms with Crippen LogP contribution in [0.15, 0.2) is 49.6 Å². The van der Waals surface area contributed by atoms with Gasteiger partial charge < -0.3 is 18.9 Å². The van der Waals surface area contributed by atoms with Gasteiger partial charge in [0.2, 0.25) is 0 Å². The molecular weight excluding hydrogens is 380 g/mol. The second-order valence-corrected chi connectivity index (χ2v) is 5.93. The van der Waals surface area contributed by atoms with E-state index in [1.807, 2.05) is 0 Å². The average Bonchev–Trinajstić information content (AvgIpc) is 2.74. The average molecular weight is 404 g/mol. The van der Waals surface area contributed by atoms with Crippen LogP contribution in [0.25, 0.3) is 0 Å². The Kier molecular flexibility index (Phi) is 9.31. The summed E-state index contributed by atoms with van der Waals surface area (Å²) in [6.07, 6.45) is 1.64. The van der Waals surface area contributed by atoms with Gasteiger partial charge >= 0.3 is 23.9 Å². The zero-order valence-electron chi connectivity index (χ0n) is 16.5. The highest BCUT2D eigenvalue weighted by Gasteiger charge is 2.51. The monoisotopic (exact) mass is 404 g/mol. The van der Waals surface area contributed by atoms with Gasteiger partial charge in [0, 0.05) is 6.42 Å². The first kappa shape index (κ1) is 23.6. The van der Waals surface area contributed by atoms with Gasteiger partial charge in [-0.1, -0.05) is 43.5 Å². The van der Waals surface area contributed by atoms with Gasteiger partial charge in [0.15, 0.2) is 5.41 Å². The standard InChI is InChI=1S/C21H24O8/c1-5-11-28-19(24)21(14-17(22)26-3,20(25)29-12-6-2)13-15-9-7-8-10-16(15)18(23)27-4/h5-10H,1-2,11-14H2,3-4H3. The maximum atomic E-state index is 12.9. The number of methoxy groups -OCH3 is 2. The van der Waals surface area contributed by atoms with Crippen molar-refractivity contribution in [1.82, 2.24) is 0 Å². The molecule has 0 saturated heterocycles. The summed E-state index contributed by atoms with van der Waals surface area (Å²) in [4.78, 5) is 50.0. The summed E-state index contributed by atoms with van der Waals surface area (Å²) >= 11 is 0. The van der Waals surface area contributed by atoms with E-state index in [0.717, 1.165) is 7.11 Å². The molecule has 29 heavy (non-hydrogen) atoms. The number of benzene rings is 1. The largest absolute Gasteiger partial charge is 0.469 e. The van der Waals surface area contributed by atoms with Gasteiger partial charge in [0.25, 0.3) is 0 Å². The molecule has 8 nitrogen and oxygen atoms in total. The SMILES string of the molecule is C=CCOC(=O)C(CC(=O)OC)(Cc1ccccc1C(=O)OC)C(=O)OCC=C. The Hall–Kier alpha value is -3.42. The molecule has 0 aliphatic rings. The number of rotatable bonds is 11. The van der Waals surface area contributed by atoms with E-state index in [1.165, 1.54) is 25.3 Å². The minimum absolute atomic E-state index is 0.136. The summed E-state index contributed by atoms with van der Waals surface area (Å²) in [7, 11) is 2.33. The quantitative estimate of drug-likeness (QED) is 0.239. The molecule has 0 fully saturated rings. The third-order valence-electron chi connectivity index (χ3n) is 4.03. The van der Waals surface area contributed by atoms with Crippen LogP contribution in [0.1, 0.15) is 22.3 Å². The molecule has 1 rings (SSSR count). The van der Waals surface area contributed by atoms with Crippen LogP contribution in [-0.2, 0) is 39.8 Å².